The largest absolute Gasteiger partial charge is 0.478 e. The predicted octanol–water partition coefficient (Wildman–Crippen LogP) is 2.60. The molecule has 0 aliphatic heterocycles. The molecule has 0 aliphatic rings. The summed E-state index contributed by atoms with van der Waals surface area (Å²) in [5, 5.41) is 17.6. The fraction of sp³-hybridized carbons (Fsp3) is 0.400. The van der Waals surface area contributed by atoms with Gasteiger partial charge in [-0.05, 0) is 24.5 Å². The summed E-state index contributed by atoms with van der Waals surface area (Å²) in [6.07, 6.45) is 1.41. The number of benzene rings is 1. The van der Waals surface area contributed by atoms with Crippen LogP contribution in [0.2, 0.25) is 0 Å². The molecule has 0 radical (unpaired) electrons. The van der Waals surface area contributed by atoms with Crippen LogP contribution in [0.1, 0.15) is 53.5 Å². The fourth-order valence-electron chi connectivity index (χ4n) is 1.57. The van der Waals surface area contributed by atoms with E-state index in [1.54, 1.807) is 19.1 Å². The number of carboxylic acid groups (broad SMARTS) is 2. The lowest BCUT2D eigenvalue weighted by Gasteiger charge is -2.06. The van der Waals surface area contributed by atoms with Crippen molar-refractivity contribution in [1.29, 1.82) is 0 Å². The van der Waals surface area contributed by atoms with Crippen LogP contribution in [0.5, 0.6) is 0 Å². The Morgan fingerprint density at radius 1 is 1.10 bits per heavy atom. The van der Waals surface area contributed by atoms with Gasteiger partial charge < -0.3 is 14.9 Å². The highest BCUT2D eigenvalue weighted by Crippen LogP contribution is 2.15. The molecule has 6 nitrogen and oxygen atoms in total. The molecule has 1 rings (SSSR count). The highest BCUT2D eigenvalue weighted by atomic mass is 16.5. The number of aromatic carboxylic acids is 2. The Bertz CT molecular complexity index is 507. The van der Waals surface area contributed by atoms with Gasteiger partial charge in [-0.1, -0.05) is 26.0 Å². The third-order valence-corrected chi connectivity index (χ3v) is 2.49. The third kappa shape index (κ3) is 6.56. The van der Waals surface area contributed by atoms with Crippen molar-refractivity contribution >= 4 is 17.9 Å². The Balaban J connectivity index is 0.000000486. The van der Waals surface area contributed by atoms with E-state index in [1.165, 1.54) is 13.0 Å². The molecule has 0 saturated carbocycles. The average molecular weight is 296 g/mol. The number of esters is 1. The number of hydrogen-bond acceptors (Lipinski definition) is 4. The molecular weight excluding hydrogens is 276 g/mol. The Hall–Kier alpha value is -2.37. The minimum absolute atomic E-state index is 0.109. The quantitative estimate of drug-likeness (QED) is 0.810. The molecule has 0 atom stereocenters. The highest BCUT2D eigenvalue weighted by molar-refractivity contribution is 6.02. The van der Waals surface area contributed by atoms with E-state index in [4.69, 9.17) is 10.2 Å². The number of carbonyl (C=O) groups excluding carboxylic acids is 1. The van der Waals surface area contributed by atoms with Crippen molar-refractivity contribution in [2.45, 2.75) is 33.6 Å². The summed E-state index contributed by atoms with van der Waals surface area (Å²) >= 11 is 0. The maximum absolute atomic E-state index is 10.8. The minimum Gasteiger partial charge on any atom is -0.478 e. The molecule has 0 spiro atoms. The maximum Gasteiger partial charge on any atom is 0.336 e. The van der Waals surface area contributed by atoms with Crippen LogP contribution >= 0.6 is 0 Å². The zero-order valence-corrected chi connectivity index (χ0v) is 12.4. The van der Waals surface area contributed by atoms with E-state index in [-0.39, 0.29) is 17.1 Å². The molecule has 116 valence electrons. The number of ether oxygens (including phenoxy) is 1. The van der Waals surface area contributed by atoms with Crippen LogP contribution in [0.15, 0.2) is 18.2 Å². The van der Waals surface area contributed by atoms with Crippen molar-refractivity contribution in [3.05, 3.63) is 34.9 Å². The van der Waals surface area contributed by atoms with E-state index in [9.17, 15) is 14.4 Å². The van der Waals surface area contributed by atoms with Crippen molar-refractivity contribution in [2.24, 2.45) is 0 Å². The molecular formula is C15H20O6. The number of aryl methyl sites for hydroxylation is 1. The Morgan fingerprint density at radius 3 is 2.05 bits per heavy atom. The molecule has 0 fully saturated rings. The summed E-state index contributed by atoms with van der Waals surface area (Å²) in [6.45, 7) is 5.71. The van der Waals surface area contributed by atoms with Crippen molar-refractivity contribution in [3.63, 3.8) is 0 Å². The maximum atomic E-state index is 10.8. The molecule has 0 aromatic heterocycles. The first-order valence-electron chi connectivity index (χ1n) is 6.56. The topological polar surface area (TPSA) is 101 Å². The second kappa shape index (κ2) is 9.52. The Kier molecular flexibility index (Phi) is 8.45. The SMILES string of the molecule is CCCOC(C)=O.CCc1cccc(C(=O)O)c1C(=O)O. The third-order valence-electron chi connectivity index (χ3n) is 2.49. The second-order valence-electron chi connectivity index (χ2n) is 4.14. The van der Waals surface area contributed by atoms with E-state index < -0.39 is 11.9 Å². The lowest BCUT2D eigenvalue weighted by Crippen LogP contribution is -2.10. The number of hydrogen-bond donors (Lipinski definition) is 2. The van der Waals surface area contributed by atoms with Crippen LogP contribution in [0.4, 0.5) is 0 Å². The van der Waals surface area contributed by atoms with Gasteiger partial charge in [0, 0.05) is 6.92 Å². The average Bonchev–Trinajstić information content (AvgIpc) is 2.44. The van der Waals surface area contributed by atoms with E-state index in [2.05, 4.69) is 4.74 Å². The van der Waals surface area contributed by atoms with Gasteiger partial charge in [0.2, 0.25) is 0 Å². The van der Waals surface area contributed by atoms with Crippen LogP contribution in [0, 0.1) is 0 Å². The van der Waals surface area contributed by atoms with Crippen LogP contribution in [-0.4, -0.2) is 34.7 Å². The fourth-order valence-corrected chi connectivity index (χ4v) is 1.57. The van der Waals surface area contributed by atoms with Crippen LogP contribution in [0.3, 0.4) is 0 Å². The van der Waals surface area contributed by atoms with Crippen molar-refractivity contribution in [1.82, 2.24) is 0 Å². The molecule has 0 amide bonds. The lowest BCUT2D eigenvalue weighted by molar-refractivity contribution is -0.140. The predicted molar refractivity (Wildman–Crippen MR) is 76.7 cm³/mol. The monoisotopic (exact) mass is 296 g/mol. The lowest BCUT2D eigenvalue weighted by atomic mass is 9.99. The number of rotatable bonds is 5. The number of carbonyl (C=O) groups is 3. The summed E-state index contributed by atoms with van der Waals surface area (Å²) in [6, 6.07) is 4.47. The van der Waals surface area contributed by atoms with Crippen LogP contribution in [-0.2, 0) is 16.0 Å². The molecule has 21 heavy (non-hydrogen) atoms. The van der Waals surface area contributed by atoms with E-state index in [1.807, 2.05) is 6.92 Å². The molecule has 0 saturated heterocycles. The first-order valence-corrected chi connectivity index (χ1v) is 6.56. The van der Waals surface area contributed by atoms with Gasteiger partial charge in [0.15, 0.2) is 0 Å². The van der Waals surface area contributed by atoms with Gasteiger partial charge in [0.1, 0.15) is 0 Å². The van der Waals surface area contributed by atoms with Gasteiger partial charge in [0.05, 0.1) is 17.7 Å². The molecule has 1 aromatic rings. The summed E-state index contributed by atoms with van der Waals surface area (Å²) in [5.41, 5.74) is 0.275. The zero-order chi connectivity index (χ0) is 16.4. The number of carboxylic acids is 2. The molecule has 0 heterocycles. The molecule has 6 heteroatoms. The van der Waals surface area contributed by atoms with E-state index >= 15 is 0 Å². The Labute approximate surface area is 123 Å². The van der Waals surface area contributed by atoms with Gasteiger partial charge in [-0.2, -0.15) is 0 Å². The van der Waals surface area contributed by atoms with Gasteiger partial charge in [0.25, 0.3) is 0 Å². The first kappa shape index (κ1) is 18.6. The molecule has 0 aliphatic carbocycles. The zero-order valence-electron chi connectivity index (χ0n) is 12.4. The smallest absolute Gasteiger partial charge is 0.336 e. The van der Waals surface area contributed by atoms with Gasteiger partial charge in [-0.15, -0.1) is 0 Å². The van der Waals surface area contributed by atoms with Gasteiger partial charge in [-0.25, -0.2) is 9.59 Å². The van der Waals surface area contributed by atoms with Gasteiger partial charge >= 0.3 is 17.9 Å². The molecule has 1 aromatic carbocycles. The normalized spacial score (nSPS) is 9.29. The summed E-state index contributed by atoms with van der Waals surface area (Å²) < 4.78 is 4.55. The summed E-state index contributed by atoms with van der Waals surface area (Å²) in [7, 11) is 0. The van der Waals surface area contributed by atoms with E-state index in [0.29, 0.717) is 18.6 Å². The van der Waals surface area contributed by atoms with Crippen molar-refractivity contribution < 1.29 is 29.3 Å². The summed E-state index contributed by atoms with van der Waals surface area (Å²) in [5.74, 6) is -2.60. The van der Waals surface area contributed by atoms with E-state index in [0.717, 1.165) is 6.42 Å². The first-order chi connectivity index (χ1) is 9.84. The molecule has 0 unspecified atom stereocenters. The highest BCUT2D eigenvalue weighted by Gasteiger charge is 2.18. The van der Waals surface area contributed by atoms with Crippen LogP contribution in [0.25, 0.3) is 0 Å². The Morgan fingerprint density at radius 2 is 1.71 bits per heavy atom. The van der Waals surface area contributed by atoms with Gasteiger partial charge in [-0.3, -0.25) is 4.79 Å². The molecule has 2 N–H and O–H groups in total. The van der Waals surface area contributed by atoms with Crippen molar-refractivity contribution in [2.75, 3.05) is 6.61 Å². The second-order valence-corrected chi connectivity index (χ2v) is 4.14. The summed E-state index contributed by atoms with van der Waals surface area (Å²) in [4.78, 5) is 31.6. The van der Waals surface area contributed by atoms with Crippen molar-refractivity contribution in [3.8, 4) is 0 Å². The van der Waals surface area contributed by atoms with Crippen LogP contribution < -0.4 is 0 Å². The minimum atomic E-state index is -1.21. The standard InChI is InChI=1S/C10H10O4.C5H10O2/c1-2-6-4-3-5-7(9(11)12)8(6)10(13)14;1-3-4-7-5(2)6/h3-5H,2H2,1H3,(H,11,12)(H,13,14);3-4H2,1-2H3. The molecule has 0 bridgehead atoms.